The highest BCUT2D eigenvalue weighted by atomic mass is 16.5. The highest BCUT2D eigenvalue weighted by molar-refractivity contribution is 5.39. The van der Waals surface area contributed by atoms with E-state index in [0.29, 0.717) is 6.04 Å². The molecule has 0 bridgehead atoms. The van der Waals surface area contributed by atoms with Crippen LogP contribution in [-0.4, -0.2) is 19.7 Å². The van der Waals surface area contributed by atoms with Crippen molar-refractivity contribution in [3.8, 4) is 6.57 Å². The molecule has 1 saturated heterocycles. The van der Waals surface area contributed by atoms with E-state index in [9.17, 15) is 0 Å². The number of nitrogens with one attached hydrogen (secondary N) is 1. The highest BCUT2D eigenvalue weighted by Gasteiger charge is 2.21. The van der Waals surface area contributed by atoms with Crippen molar-refractivity contribution in [3.05, 3.63) is 40.1 Å². The predicted molar refractivity (Wildman–Crippen MR) is 74.4 cm³/mol. The third kappa shape index (κ3) is 3.02. The van der Waals surface area contributed by atoms with Gasteiger partial charge in [0.2, 0.25) is 0 Å². The van der Waals surface area contributed by atoms with E-state index in [1.165, 1.54) is 24.0 Å². The molecule has 0 radical (unpaired) electrons. The molecule has 3 nitrogen and oxygen atoms in total. The first-order valence-electron chi connectivity index (χ1n) is 6.61. The quantitative estimate of drug-likeness (QED) is 0.822. The molecular formula is C15H21N2O+. The van der Waals surface area contributed by atoms with Crippen LogP contribution in [0.25, 0.3) is 4.85 Å². The lowest BCUT2D eigenvalue weighted by Crippen LogP contribution is -2.42. The van der Waals surface area contributed by atoms with Gasteiger partial charge in [-0.3, -0.25) is 0 Å². The highest BCUT2D eigenvalue weighted by Crippen LogP contribution is 2.30. The molecule has 1 fully saturated rings. The van der Waals surface area contributed by atoms with Crippen molar-refractivity contribution in [1.82, 2.24) is 5.32 Å². The number of ether oxygens (including phenoxy) is 1. The van der Waals surface area contributed by atoms with Crippen LogP contribution in [0.15, 0.2) is 35.3 Å². The number of allylic oxidation sites excluding steroid dienone is 3. The molecule has 1 heterocycles. The van der Waals surface area contributed by atoms with Crippen molar-refractivity contribution >= 4 is 0 Å². The fraction of sp³-hybridized carbons (Fsp3) is 0.533. The van der Waals surface area contributed by atoms with Crippen molar-refractivity contribution in [2.24, 2.45) is 0 Å². The van der Waals surface area contributed by atoms with Crippen LogP contribution in [-0.2, 0) is 4.74 Å². The lowest BCUT2D eigenvalue weighted by Gasteiger charge is -2.29. The molecule has 1 aliphatic heterocycles. The molecule has 1 aliphatic carbocycles. The van der Waals surface area contributed by atoms with Crippen LogP contribution >= 0.6 is 0 Å². The van der Waals surface area contributed by atoms with Crippen molar-refractivity contribution in [2.75, 3.05) is 13.7 Å². The predicted octanol–water partition coefficient (Wildman–Crippen LogP) is 3.23. The van der Waals surface area contributed by atoms with Gasteiger partial charge in [-0.1, -0.05) is 0 Å². The first-order valence-corrected chi connectivity index (χ1v) is 6.61. The van der Waals surface area contributed by atoms with Gasteiger partial charge >= 0.3 is 6.20 Å². The largest absolute Gasteiger partial charge is 0.497 e. The lowest BCUT2D eigenvalue weighted by molar-refractivity contribution is 0.290. The van der Waals surface area contributed by atoms with E-state index in [1.807, 2.05) is 6.08 Å². The summed E-state index contributed by atoms with van der Waals surface area (Å²) in [6.45, 7) is 6.34. The Hall–Kier alpha value is -1.53. The minimum absolute atomic E-state index is 0.593. The summed E-state index contributed by atoms with van der Waals surface area (Å²) in [6.07, 6.45) is 11.5. The van der Waals surface area contributed by atoms with Gasteiger partial charge in [0.15, 0.2) is 0 Å². The van der Waals surface area contributed by atoms with Gasteiger partial charge in [0.25, 0.3) is 6.57 Å². The summed E-state index contributed by atoms with van der Waals surface area (Å²) in [5.74, 6) is 1.03. The fourth-order valence-corrected chi connectivity index (χ4v) is 2.50. The van der Waals surface area contributed by atoms with E-state index in [0.717, 1.165) is 31.6 Å². The summed E-state index contributed by atoms with van der Waals surface area (Å²) in [7, 11) is 1.74. The first kappa shape index (κ1) is 12.9. The fourth-order valence-electron chi connectivity index (χ4n) is 2.50. The molecule has 0 aromatic heterocycles. The van der Waals surface area contributed by atoms with Gasteiger partial charge in [-0.15, -0.1) is 0 Å². The smallest absolute Gasteiger partial charge is 0.305 e. The zero-order valence-corrected chi connectivity index (χ0v) is 11.0. The minimum Gasteiger partial charge on any atom is -0.497 e. The standard InChI is InChI=1S/C15H21N2O/c1-16-9-7-12(11-13-8-10-17-13)14-5-3-4-6-15(14)18-2/h1,6-7,9,13,17H,3-5,8,10-11H2,2H3/q+1/b9-7-,14-12-/t13-/m1/s1. The second-order valence-electron chi connectivity index (χ2n) is 4.78. The lowest BCUT2D eigenvalue weighted by atomic mass is 9.89. The monoisotopic (exact) mass is 245 g/mol. The molecule has 0 amide bonds. The second-order valence-corrected chi connectivity index (χ2v) is 4.78. The van der Waals surface area contributed by atoms with E-state index >= 15 is 0 Å². The number of nitrogens with zero attached hydrogens (tertiary/aromatic N) is 1. The van der Waals surface area contributed by atoms with Gasteiger partial charge < -0.3 is 10.1 Å². The van der Waals surface area contributed by atoms with E-state index in [4.69, 9.17) is 11.3 Å². The van der Waals surface area contributed by atoms with E-state index in [2.05, 4.69) is 16.2 Å². The van der Waals surface area contributed by atoms with Crippen LogP contribution < -0.4 is 5.32 Å². The van der Waals surface area contributed by atoms with Crippen molar-refractivity contribution in [2.45, 2.75) is 38.1 Å². The van der Waals surface area contributed by atoms with Gasteiger partial charge in [0.05, 0.1) is 7.11 Å². The van der Waals surface area contributed by atoms with Gasteiger partial charge in [-0.25, -0.2) is 0 Å². The number of hydrogen-bond donors (Lipinski definition) is 1. The molecule has 0 unspecified atom stereocenters. The Morgan fingerprint density at radius 2 is 2.50 bits per heavy atom. The van der Waals surface area contributed by atoms with Gasteiger partial charge in [-0.2, -0.15) is 0 Å². The Bertz CT molecular complexity index is 422. The van der Waals surface area contributed by atoms with Gasteiger partial charge in [0.1, 0.15) is 5.76 Å². The van der Waals surface area contributed by atoms with Crippen molar-refractivity contribution < 1.29 is 4.74 Å². The molecule has 18 heavy (non-hydrogen) atoms. The van der Waals surface area contributed by atoms with E-state index < -0.39 is 0 Å². The van der Waals surface area contributed by atoms with Crippen LogP contribution in [0, 0.1) is 6.57 Å². The Morgan fingerprint density at radius 3 is 3.11 bits per heavy atom. The van der Waals surface area contributed by atoms with Crippen LogP contribution in [0.4, 0.5) is 0 Å². The average Bonchev–Trinajstić information content (AvgIpc) is 2.37. The first-order chi connectivity index (χ1) is 8.85. The maximum atomic E-state index is 5.49. The molecule has 0 aromatic carbocycles. The minimum atomic E-state index is 0.593. The summed E-state index contributed by atoms with van der Waals surface area (Å²) in [6, 6.07) is 0.593. The molecule has 0 spiro atoms. The topological polar surface area (TPSA) is 25.6 Å². The van der Waals surface area contributed by atoms with Crippen molar-refractivity contribution in [3.63, 3.8) is 0 Å². The van der Waals surface area contributed by atoms with Crippen LogP contribution in [0.3, 0.4) is 0 Å². The number of rotatable bonds is 4. The Balaban J connectivity index is 2.23. The normalized spacial score (nSPS) is 26.2. The molecule has 3 heteroatoms. The third-order valence-corrected chi connectivity index (χ3v) is 3.62. The molecule has 2 aliphatic rings. The summed E-state index contributed by atoms with van der Waals surface area (Å²) < 4.78 is 5.49. The molecular weight excluding hydrogens is 224 g/mol. The second kappa shape index (κ2) is 6.42. The molecule has 96 valence electrons. The van der Waals surface area contributed by atoms with Crippen LogP contribution in [0.5, 0.6) is 0 Å². The number of hydrogen-bond acceptors (Lipinski definition) is 2. The van der Waals surface area contributed by atoms with Crippen LogP contribution in [0.2, 0.25) is 0 Å². The molecule has 1 N–H and O–H groups in total. The zero-order chi connectivity index (χ0) is 12.8. The Kier molecular flexibility index (Phi) is 4.60. The van der Waals surface area contributed by atoms with Crippen LogP contribution in [0.1, 0.15) is 32.1 Å². The summed E-state index contributed by atoms with van der Waals surface area (Å²) in [4.78, 5) is 3.58. The molecule has 0 aromatic rings. The summed E-state index contributed by atoms with van der Waals surface area (Å²) in [5, 5.41) is 3.43. The third-order valence-electron chi connectivity index (χ3n) is 3.62. The molecule has 0 saturated carbocycles. The SMILES string of the molecule is C#[N+]/C=C\C(C[C@H]1CCN1)=C1/CCCC=C1OC. The molecule has 2 rings (SSSR count). The van der Waals surface area contributed by atoms with Gasteiger partial charge in [0, 0.05) is 12.1 Å². The Labute approximate surface area is 109 Å². The number of methoxy groups -OCH3 is 1. The van der Waals surface area contributed by atoms with E-state index in [-0.39, 0.29) is 0 Å². The van der Waals surface area contributed by atoms with Crippen molar-refractivity contribution in [1.29, 1.82) is 0 Å². The maximum absolute atomic E-state index is 5.49. The molecule has 1 atom stereocenters. The zero-order valence-electron chi connectivity index (χ0n) is 11.0. The average molecular weight is 245 g/mol. The summed E-state index contributed by atoms with van der Waals surface area (Å²) in [5.41, 5.74) is 2.62. The maximum Gasteiger partial charge on any atom is 0.305 e. The van der Waals surface area contributed by atoms with E-state index in [1.54, 1.807) is 13.3 Å². The Morgan fingerprint density at radius 1 is 1.67 bits per heavy atom. The summed E-state index contributed by atoms with van der Waals surface area (Å²) >= 11 is 0. The van der Waals surface area contributed by atoms with Gasteiger partial charge in [-0.05, 0) is 60.7 Å².